The Hall–Kier alpha value is -2.98. The first-order valence-electron chi connectivity index (χ1n) is 7.18. The maximum absolute atomic E-state index is 11.5. The molecule has 0 saturated carbocycles. The molecule has 1 aromatic heterocycles. The smallest absolute Gasteiger partial charge is 0.342 e. The van der Waals surface area contributed by atoms with E-state index in [2.05, 4.69) is 15.6 Å². The number of ether oxygens (including phenoxy) is 1. The van der Waals surface area contributed by atoms with E-state index >= 15 is 0 Å². The summed E-state index contributed by atoms with van der Waals surface area (Å²) >= 11 is 0. The Morgan fingerprint density at radius 2 is 2.08 bits per heavy atom. The molecule has 1 heterocycles. The third kappa shape index (κ3) is 6.02. The van der Waals surface area contributed by atoms with Gasteiger partial charge in [0.25, 0.3) is 0 Å². The Balaban J connectivity index is 2.28. The molecule has 11 nitrogen and oxygen atoms in total. The van der Waals surface area contributed by atoms with Gasteiger partial charge in [-0.2, -0.15) is 0 Å². The lowest BCUT2D eigenvalue weighted by Gasteiger charge is -2.06. The summed E-state index contributed by atoms with van der Waals surface area (Å²) in [4.78, 5) is 47.8. The second-order valence-electron chi connectivity index (χ2n) is 4.77. The Kier molecular flexibility index (Phi) is 7.33. The topological polar surface area (TPSA) is 145 Å². The molecule has 0 radical (unpaired) electrons. The number of esters is 1. The zero-order valence-corrected chi connectivity index (χ0v) is 13.4. The molecule has 11 heteroatoms. The summed E-state index contributed by atoms with van der Waals surface area (Å²) < 4.78 is 6.31. The first-order chi connectivity index (χ1) is 11.3. The quantitative estimate of drug-likeness (QED) is 0.392. The predicted octanol–water partition coefficient (Wildman–Crippen LogP) is 0.269. The number of amides is 3. The molecule has 0 aliphatic heterocycles. The van der Waals surface area contributed by atoms with Crippen molar-refractivity contribution >= 4 is 23.7 Å². The van der Waals surface area contributed by atoms with Gasteiger partial charge >= 0.3 is 17.8 Å². The van der Waals surface area contributed by atoms with Gasteiger partial charge in [-0.15, -0.1) is 0 Å². The fourth-order valence-electron chi connectivity index (χ4n) is 1.85. The van der Waals surface area contributed by atoms with Crippen LogP contribution in [0, 0.1) is 17.0 Å². The van der Waals surface area contributed by atoms with Gasteiger partial charge in [0, 0.05) is 26.8 Å². The van der Waals surface area contributed by atoms with Crippen LogP contribution in [-0.4, -0.2) is 46.0 Å². The highest BCUT2D eigenvalue weighted by molar-refractivity contribution is 5.94. The van der Waals surface area contributed by atoms with E-state index in [1.807, 2.05) is 0 Å². The predicted molar refractivity (Wildman–Crippen MR) is 81.0 cm³/mol. The fraction of sp³-hybridized carbons (Fsp3) is 0.538. The Bertz CT molecular complexity index is 626. The molecule has 0 aromatic carbocycles. The standard InChI is InChI=1S/C13H19N5O6/c1-9-15-8-11(18(22)23)17(9)6-7-24-12(20)5-3-4-10(19)16-13(21)14-2/h8H,3-7H2,1-2H3,(H2,14,16,19,21). The lowest BCUT2D eigenvalue weighted by atomic mass is 10.2. The molecule has 24 heavy (non-hydrogen) atoms. The molecule has 0 bridgehead atoms. The van der Waals surface area contributed by atoms with E-state index in [-0.39, 0.29) is 38.2 Å². The third-order valence-electron chi connectivity index (χ3n) is 3.06. The molecule has 0 atom stereocenters. The first-order valence-corrected chi connectivity index (χ1v) is 7.18. The summed E-state index contributed by atoms with van der Waals surface area (Å²) in [5, 5.41) is 15.1. The van der Waals surface area contributed by atoms with Crippen molar-refractivity contribution in [1.29, 1.82) is 0 Å². The molecule has 1 aromatic rings. The second kappa shape index (κ2) is 9.22. The highest BCUT2D eigenvalue weighted by atomic mass is 16.6. The van der Waals surface area contributed by atoms with Crippen LogP contribution < -0.4 is 10.6 Å². The van der Waals surface area contributed by atoms with E-state index in [0.29, 0.717) is 5.82 Å². The van der Waals surface area contributed by atoms with Gasteiger partial charge in [-0.25, -0.2) is 14.3 Å². The summed E-state index contributed by atoms with van der Waals surface area (Å²) in [6, 6.07) is -0.611. The van der Waals surface area contributed by atoms with Crippen LogP contribution in [0.5, 0.6) is 0 Å². The fourth-order valence-corrected chi connectivity index (χ4v) is 1.85. The number of urea groups is 1. The van der Waals surface area contributed by atoms with Crippen LogP contribution in [0.15, 0.2) is 6.20 Å². The van der Waals surface area contributed by atoms with Crippen molar-refractivity contribution in [2.45, 2.75) is 32.7 Å². The van der Waals surface area contributed by atoms with Crippen LogP contribution in [-0.2, 0) is 20.9 Å². The number of carbonyl (C=O) groups is 3. The number of nitro groups is 1. The average Bonchev–Trinajstić information content (AvgIpc) is 2.88. The molecular weight excluding hydrogens is 322 g/mol. The van der Waals surface area contributed by atoms with Gasteiger partial charge in [0.05, 0.1) is 0 Å². The molecule has 3 amide bonds. The highest BCUT2D eigenvalue weighted by Gasteiger charge is 2.17. The van der Waals surface area contributed by atoms with Gasteiger partial charge in [0.15, 0.2) is 5.82 Å². The van der Waals surface area contributed by atoms with Crippen LogP contribution in [0.1, 0.15) is 25.1 Å². The highest BCUT2D eigenvalue weighted by Crippen LogP contribution is 2.13. The zero-order chi connectivity index (χ0) is 18.1. The van der Waals surface area contributed by atoms with Crippen molar-refractivity contribution < 1.29 is 24.0 Å². The second-order valence-corrected chi connectivity index (χ2v) is 4.77. The molecule has 0 aliphatic carbocycles. The molecular formula is C13H19N5O6. The zero-order valence-electron chi connectivity index (χ0n) is 13.4. The van der Waals surface area contributed by atoms with Gasteiger partial charge in [0.2, 0.25) is 5.91 Å². The number of hydrogen-bond donors (Lipinski definition) is 2. The summed E-state index contributed by atoms with van der Waals surface area (Å²) in [5.41, 5.74) is 0. The van der Waals surface area contributed by atoms with E-state index in [4.69, 9.17) is 4.74 Å². The van der Waals surface area contributed by atoms with Crippen LogP contribution >= 0.6 is 0 Å². The van der Waals surface area contributed by atoms with Crippen LogP contribution in [0.4, 0.5) is 10.6 Å². The van der Waals surface area contributed by atoms with Gasteiger partial charge in [-0.1, -0.05) is 0 Å². The monoisotopic (exact) mass is 341 g/mol. The number of carbonyl (C=O) groups excluding carboxylic acids is 3. The minimum Gasteiger partial charge on any atom is -0.461 e. The lowest BCUT2D eigenvalue weighted by molar-refractivity contribution is -0.392. The van der Waals surface area contributed by atoms with Crippen molar-refractivity contribution in [3.8, 4) is 0 Å². The van der Waals surface area contributed by atoms with E-state index in [1.165, 1.54) is 11.6 Å². The molecule has 132 valence electrons. The van der Waals surface area contributed by atoms with Crippen molar-refractivity contribution in [1.82, 2.24) is 20.2 Å². The maximum atomic E-state index is 11.5. The third-order valence-corrected chi connectivity index (χ3v) is 3.06. The van der Waals surface area contributed by atoms with E-state index in [9.17, 15) is 24.5 Å². The van der Waals surface area contributed by atoms with Gasteiger partial charge in [-0.05, 0) is 11.3 Å². The minimum atomic E-state index is -0.611. The largest absolute Gasteiger partial charge is 0.461 e. The molecule has 2 N–H and O–H groups in total. The van der Waals surface area contributed by atoms with E-state index < -0.39 is 22.8 Å². The van der Waals surface area contributed by atoms with Crippen molar-refractivity contribution in [3.63, 3.8) is 0 Å². The molecule has 0 aliphatic rings. The van der Waals surface area contributed by atoms with Crippen LogP contribution in [0.2, 0.25) is 0 Å². The normalized spacial score (nSPS) is 10.1. The molecule has 0 spiro atoms. The van der Waals surface area contributed by atoms with Gasteiger partial charge in [0.1, 0.15) is 19.3 Å². The van der Waals surface area contributed by atoms with Crippen molar-refractivity contribution in [3.05, 3.63) is 22.1 Å². The van der Waals surface area contributed by atoms with E-state index in [1.54, 1.807) is 6.92 Å². The number of aryl methyl sites for hydroxylation is 1. The number of nitrogens with one attached hydrogen (secondary N) is 2. The van der Waals surface area contributed by atoms with Gasteiger partial charge < -0.3 is 20.2 Å². The number of aromatic nitrogens is 2. The first kappa shape index (κ1) is 19.1. The number of imide groups is 1. The molecule has 0 saturated heterocycles. The summed E-state index contributed by atoms with van der Waals surface area (Å²) in [6.07, 6.45) is 1.38. The maximum Gasteiger partial charge on any atom is 0.342 e. The Labute approximate surface area is 137 Å². The van der Waals surface area contributed by atoms with Gasteiger partial charge in [-0.3, -0.25) is 14.9 Å². The minimum absolute atomic E-state index is 0.00612. The number of rotatable bonds is 8. The summed E-state index contributed by atoms with van der Waals surface area (Å²) in [5.74, 6) is -0.743. The molecule has 1 rings (SSSR count). The Morgan fingerprint density at radius 3 is 2.71 bits per heavy atom. The summed E-state index contributed by atoms with van der Waals surface area (Å²) in [7, 11) is 1.38. The number of hydrogen-bond acceptors (Lipinski definition) is 7. The SMILES string of the molecule is CNC(=O)NC(=O)CCCC(=O)OCCn1c([N+](=O)[O-])cnc1C. The van der Waals surface area contributed by atoms with Crippen molar-refractivity contribution in [2.75, 3.05) is 13.7 Å². The number of imidazole rings is 1. The van der Waals surface area contributed by atoms with Crippen LogP contribution in [0.25, 0.3) is 0 Å². The van der Waals surface area contributed by atoms with Crippen molar-refractivity contribution in [2.24, 2.45) is 0 Å². The lowest BCUT2D eigenvalue weighted by Crippen LogP contribution is -2.37. The molecule has 0 fully saturated rings. The Morgan fingerprint density at radius 1 is 1.38 bits per heavy atom. The van der Waals surface area contributed by atoms with E-state index in [0.717, 1.165) is 6.20 Å². The number of nitrogens with zero attached hydrogens (tertiary/aromatic N) is 3. The van der Waals surface area contributed by atoms with Crippen LogP contribution in [0.3, 0.4) is 0 Å². The molecule has 0 unspecified atom stereocenters. The average molecular weight is 341 g/mol. The summed E-state index contributed by atoms with van der Waals surface area (Å²) in [6.45, 7) is 1.69.